The van der Waals surface area contributed by atoms with Crippen LogP contribution in [0.15, 0.2) is 24.3 Å². The smallest absolute Gasteiger partial charge is 0.328 e. The van der Waals surface area contributed by atoms with Crippen molar-refractivity contribution in [2.75, 3.05) is 33.9 Å². The molecule has 0 spiro atoms. The Bertz CT molecular complexity index is 483. The molecule has 0 bridgehead atoms. The van der Waals surface area contributed by atoms with Crippen LogP contribution < -0.4 is 9.47 Å². The highest BCUT2D eigenvalue weighted by atomic mass is 16.5. The van der Waals surface area contributed by atoms with Crippen LogP contribution in [0, 0.1) is 0 Å². The number of carboxylic acid groups (broad SMARTS) is 1. The van der Waals surface area contributed by atoms with E-state index < -0.39 is 5.97 Å². The minimum atomic E-state index is -0.975. The Morgan fingerprint density at radius 3 is 2.67 bits per heavy atom. The molecule has 0 amide bonds. The van der Waals surface area contributed by atoms with Gasteiger partial charge in [0.05, 0.1) is 13.2 Å². The fourth-order valence-corrected chi connectivity index (χ4v) is 1.75. The van der Waals surface area contributed by atoms with Crippen LogP contribution in [0.5, 0.6) is 11.5 Å². The molecule has 1 rings (SSSR count). The van der Waals surface area contributed by atoms with E-state index in [1.165, 1.54) is 6.08 Å². The average Bonchev–Trinajstić information content (AvgIpc) is 2.43. The predicted octanol–water partition coefficient (Wildman–Crippen LogP) is 2.51. The van der Waals surface area contributed by atoms with Crippen molar-refractivity contribution in [3.63, 3.8) is 0 Å². The first-order valence-electron chi connectivity index (χ1n) is 6.98. The number of carboxylic acids is 1. The summed E-state index contributed by atoms with van der Waals surface area (Å²) in [7, 11) is 4.05. The number of ether oxygens (including phenoxy) is 2. The van der Waals surface area contributed by atoms with Crippen LogP contribution in [0.25, 0.3) is 6.08 Å². The van der Waals surface area contributed by atoms with E-state index in [1.54, 1.807) is 6.07 Å². The van der Waals surface area contributed by atoms with Crippen molar-refractivity contribution in [2.24, 2.45) is 0 Å². The number of hydrogen-bond acceptors (Lipinski definition) is 4. The Kier molecular flexibility index (Phi) is 7.32. The molecule has 0 radical (unpaired) electrons. The van der Waals surface area contributed by atoms with Gasteiger partial charge in [0, 0.05) is 12.6 Å². The van der Waals surface area contributed by atoms with Gasteiger partial charge in [-0.2, -0.15) is 0 Å². The number of benzene rings is 1. The molecule has 1 aromatic carbocycles. The van der Waals surface area contributed by atoms with E-state index in [-0.39, 0.29) is 0 Å². The molecule has 1 aromatic rings. The van der Waals surface area contributed by atoms with E-state index in [1.807, 2.05) is 33.2 Å². The molecule has 0 atom stereocenters. The van der Waals surface area contributed by atoms with Gasteiger partial charge in [0.25, 0.3) is 0 Å². The lowest BCUT2D eigenvalue weighted by atomic mass is 10.2. The molecule has 0 aliphatic carbocycles. The van der Waals surface area contributed by atoms with Crippen molar-refractivity contribution in [1.82, 2.24) is 4.90 Å². The van der Waals surface area contributed by atoms with Gasteiger partial charge in [-0.05, 0) is 51.2 Å². The summed E-state index contributed by atoms with van der Waals surface area (Å²) in [4.78, 5) is 12.6. The summed E-state index contributed by atoms with van der Waals surface area (Å²) in [6, 6.07) is 5.40. The summed E-state index contributed by atoms with van der Waals surface area (Å²) >= 11 is 0. The third kappa shape index (κ3) is 6.81. The lowest BCUT2D eigenvalue weighted by Crippen LogP contribution is -2.15. The van der Waals surface area contributed by atoms with Crippen molar-refractivity contribution in [1.29, 1.82) is 0 Å². The van der Waals surface area contributed by atoms with Gasteiger partial charge in [0.2, 0.25) is 0 Å². The monoisotopic (exact) mass is 293 g/mol. The third-order valence-electron chi connectivity index (χ3n) is 2.69. The summed E-state index contributed by atoms with van der Waals surface area (Å²) in [5.74, 6) is 0.343. The van der Waals surface area contributed by atoms with Gasteiger partial charge in [-0.3, -0.25) is 0 Å². The van der Waals surface area contributed by atoms with E-state index in [2.05, 4.69) is 4.90 Å². The molecule has 0 saturated carbocycles. The Hall–Kier alpha value is -2.01. The number of nitrogens with zero attached hydrogens (tertiary/aromatic N) is 1. The van der Waals surface area contributed by atoms with Crippen LogP contribution in [0.3, 0.4) is 0 Å². The maximum atomic E-state index is 10.5. The topological polar surface area (TPSA) is 59.0 Å². The average molecular weight is 293 g/mol. The van der Waals surface area contributed by atoms with Gasteiger partial charge in [-0.15, -0.1) is 0 Å². The molecule has 0 fully saturated rings. The lowest BCUT2D eigenvalue weighted by molar-refractivity contribution is -0.131. The van der Waals surface area contributed by atoms with Crippen molar-refractivity contribution in [3.05, 3.63) is 29.8 Å². The second-order valence-electron chi connectivity index (χ2n) is 4.82. The minimum Gasteiger partial charge on any atom is -0.490 e. The summed E-state index contributed by atoms with van der Waals surface area (Å²) in [6.07, 6.45) is 3.56. The summed E-state index contributed by atoms with van der Waals surface area (Å²) in [5, 5.41) is 8.64. The van der Waals surface area contributed by atoms with Crippen LogP contribution in [0.1, 0.15) is 18.9 Å². The SMILES string of the molecule is CCOc1cc(C=CC(=O)O)ccc1OCCCN(C)C. The first-order valence-corrected chi connectivity index (χ1v) is 6.98. The highest BCUT2D eigenvalue weighted by Gasteiger charge is 2.06. The number of aliphatic carboxylic acids is 1. The number of hydrogen-bond donors (Lipinski definition) is 1. The first kappa shape index (κ1) is 17.0. The van der Waals surface area contributed by atoms with Crippen molar-refractivity contribution >= 4 is 12.0 Å². The van der Waals surface area contributed by atoms with Crippen molar-refractivity contribution in [3.8, 4) is 11.5 Å². The molecule has 0 aromatic heterocycles. The van der Waals surface area contributed by atoms with Crippen LogP contribution in [0.2, 0.25) is 0 Å². The summed E-state index contributed by atoms with van der Waals surface area (Å²) in [6.45, 7) is 4.00. The van der Waals surface area contributed by atoms with Crippen molar-refractivity contribution < 1.29 is 19.4 Å². The third-order valence-corrected chi connectivity index (χ3v) is 2.69. The Morgan fingerprint density at radius 2 is 2.05 bits per heavy atom. The lowest BCUT2D eigenvalue weighted by Gasteiger charge is -2.14. The molecule has 21 heavy (non-hydrogen) atoms. The van der Waals surface area contributed by atoms with Gasteiger partial charge >= 0.3 is 5.97 Å². The fraction of sp³-hybridized carbons (Fsp3) is 0.438. The quantitative estimate of drug-likeness (QED) is 0.560. The van der Waals surface area contributed by atoms with E-state index in [9.17, 15) is 4.79 Å². The van der Waals surface area contributed by atoms with Crippen molar-refractivity contribution in [2.45, 2.75) is 13.3 Å². The molecule has 0 saturated heterocycles. The molecule has 0 aliphatic heterocycles. The Labute approximate surface area is 125 Å². The van der Waals surface area contributed by atoms with E-state index in [0.717, 1.165) is 24.6 Å². The number of carbonyl (C=O) groups is 1. The second-order valence-corrected chi connectivity index (χ2v) is 4.82. The van der Waals surface area contributed by atoms with Gasteiger partial charge in [0.1, 0.15) is 0 Å². The summed E-state index contributed by atoms with van der Waals surface area (Å²) in [5.41, 5.74) is 0.765. The van der Waals surface area contributed by atoms with Gasteiger partial charge in [0.15, 0.2) is 11.5 Å². The van der Waals surface area contributed by atoms with Gasteiger partial charge in [-0.1, -0.05) is 6.07 Å². The van der Waals surface area contributed by atoms with Crippen LogP contribution in [-0.2, 0) is 4.79 Å². The molecule has 0 aliphatic rings. The zero-order chi connectivity index (χ0) is 15.7. The van der Waals surface area contributed by atoms with Gasteiger partial charge in [-0.25, -0.2) is 4.79 Å². The molecule has 5 nitrogen and oxygen atoms in total. The molecule has 1 N–H and O–H groups in total. The highest BCUT2D eigenvalue weighted by molar-refractivity contribution is 5.85. The van der Waals surface area contributed by atoms with E-state index in [0.29, 0.717) is 24.7 Å². The molecule has 116 valence electrons. The molecule has 0 heterocycles. The maximum absolute atomic E-state index is 10.5. The molecular weight excluding hydrogens is 270 g/mol. The standard InChI is InChI=1S/C16H23NO4/c1-4-20-15-12-13(7-9-16(18)19)6-8-14(15)21-11-5-10-17(2)3/h6-9,12H,4-5,10-11H2,1-3H3,(H,18,19). The molecular formula is C16H23NO4. The molecule has 5 heteroatoms. The summed E-state index contributed by atoms with van der Waals surface area (Å²) < 4.78 is 11.3. The maximum Gasteiger partial charge on any atom is 0.328 e. The Morgan fingerprint density at radius 1 is 1.29 bits per heavy atom. The minimum absolute atomic E-state index is 0.528. The number of rotatable bonds is 9. The normalized spacial score (nSPS) is 11.0. The Balaban J connectivity index is 2.72. The van der Waals surface area contributed by atoms with E-state index >= 15 is 0 Å². The van der Waals surface area contributed by atoms with Crippen LogP contribution in [0.4, 0.5) is 0 Å². The second kappa shape index (κ2) is 9.02. The van der Waals surface area contributed by atoms with Crippen LogP contribution >= 0.6 is 0 Å². The zero-order valence-electron chi connectivity index (χ0n) is 12.8. The van der Waals surface area contributed by atoms with Gasteiger partial charge < -0.3 is 19.5 Å². The fourth-order valence-electron chi connectivity index (χ4n) is 1.75. The zero-order valence-corrected chi connectivity index (χ0v) is 12.8. The first-order chi connectivity index (χ1) is 10.0. The molecule has 0 unspecified atom stereocenters. The van der Waals surface area contributed by atoms with Crippen LogP contribution in [-0.4, -0.2) is 49.8 Å². The predicted molar refractivity (Wildman–Crippen MR) is 82.9 cm³/mol. The van der Waals surface area contributed by atoms with E-state index in [4.69, 9.17) is 14.6 Å². The highest BCUT2D eigenvalue weighted by Crippen LogP contribution is 2.29. The largest absolute Gasteiger partial charge is 0.490 e.